The monoisotopic (exact) mass is 343 g/mol. The van der Waals surface area contributed by atoms with Gasteiger partial charge in [0.2, 0.25) is 0 Å². The summed E-state index contributed by atoms with van der Waals surface area (Å²) in [4.78, 5) is 11.9. The highest BCUT2D eigenvalue weighted by Gasteiger charge is 2.20. The van der Waals surface area contributed by atoms with Crippen molar-refractivity contribution >= 4 is 28.5 Å². The standard InChI is InChI=1S/C13H14INO2/c14-11-4-2-10(3-5-11)13(17)15-12-6-1-9(7-12)8-16/h1-6,9,12,16H,7-8H2,(H,15,17)/t9-,12+/m0/s1. The number of hydrogen-bond acceptors (Lipinski definition) is 2. The van der Waals surface area contributed by atoms with Gasteiger partial charge >= 0.3 is 0 Å². The van der Waals surface area contributed by atoms with Crippen LogP contribution >= 0.6 is 22.6 Å². The van der Waals surface area contributed by atoms with Crippen LogP contribution < -0.4 is 5.32 Å². The zero-order valence-electron chi connectivity index (χ0n) is 9.27. The summed E-state index contributed by atoms with van der Waals surface area (Å²) >= 11 is 2.21. The maximum atomic E-state index is 11.9. The van der Waals surface area contributed by atoms with Crippen LogP contribution in [0.3, 0.4) is 0 Å². The molecule has 0 spiro atoms. The lowest BCUT2D eigenvalue weighted by atomic mass is 10.1. The SMILES string of the molecule is O=C(N[C@@H]1C=C[C@H](CO)C1)c1ccc(I)cc1. The number of carbonyl (C=O) groups is 1. The van der Waals surface area contributed by atoms with Gasteiger partial charge in [0.25, 0.3) is 5.91 Å². The first-order chi connectivity index (χ1) is 8.19. The molecule has 1 aliphatic carbocycles. The second kappa shape index (κ2) is 5.64. The Balaban J connectivity index is 1.94. The zero-order valence-corrected chi connectivity index (χ0v) is 11.4. The van der Waals surface area contributed by atoms with Crippen LogP contribution in [0, 0.1) is 9.49 Å². The van der Waals surface area contributed by atoms with Crippen molar-refractivity contribution in [1.82, 2.24) is 5.32 Å². The summed E-state index contributed by atoms with van der Waals surface area (Å²) in [6, 6.07) is 7.50. The number of halogens is 1. The number of hydrogen-bond donors (Lipinski definition) is 2. The van der Waals surface area contributed by atoms with E-state index in [0.29, 0.717) is 5.56 Å². The molecule has 0 aliphatic heterocycles. The summed E-state index contributed by atoms with van der Waals surface area (Å²) in [6.07, 6.45) is 4.69. The molecule has 2 rings (SSSR count). The van der Waals surface area contributed by atoms with Crippen molar-refractivity contribution in [2.24, 2.45) is 5.92 Å². The number of aliphatic hydroxyl groups is 1. The highest BCUT2D eigenvalue weighted by Crippen LogP contribution is 2.17. The molecule has 1 aromatic rings. The molecule has 0 fully saturated rings. The molecule has 0 saturated heterocycles. The molecule has 1 aromatic carbocycles. The molecule has 0 bridgehead atoms. The van der Waals surface area contributed by atoms with E-state index >= 15 is 0 Å². The minimum Gasteiger partial charge on any atom is -0.396 e. The molecule has 1 amide bonds. The Kier molecular flexibility index (Phi) is 4.17. The molecule has 0 saturated carbocycles. The molecule has 0 heterocycles. The van der Waals surface area contributed by atoms with Crippen LogP contribution in [0.2, 0.25) is 0 Å². The van der Waals surface area contributed by atoms with Gasteiger partial charge in [-0.05, 0) is 53.3 Å². The van der Waals surface area contributed by atoms with Gasteiger partial charge < -0.3 is 10.4 Å². The Bertz CT molecular complexity index is 428. The smallest absolute Gasteiger partial charge is 0.251 e. The maximum Gasteiger partial charge on any atom is 0.251 e. The zero-order chi connectivity index (χ0) is 12.3. The van der Waals surface area contributed by atoms with Gasteiger partial charge in [-0.25, -0.2) is 0 Å². The van der Waals surface area contributed by atoms with Crippen LogP contribution in [-0.2, 0) is 0 Å². The molecule has 17 heavy (non-hydrogen) atoms. The van der Waals surface area contributed by atoms with Gasteiger partial charge in [0.05, 0.1) is 0 Å². The van der Waals surface area contributed by atoms with Crippen LogP contribution in [0.25, 0.3) is 0 Å². The Morgan fingerprint density at radius 2 is 2.06 bits per heavy atom. The van der Waals surface area contributed by atoms with E-state index < -0.39 is 0 Å². The van der Waals surface area contributed by atoms with E-state index in [2.05, 4.69) is 27.9 Å². The number of rotatable bonds is 3. The summed E-state index contributed by atoms with van der Waals surface area (Å²) < 4.78 is 1.11. The van der Waals surface area contributed by atoms with E-state index in [9.17, 15) is 4.79 Å². The average molecular weight is 343 g/mol. The largest absolute Gasteiger partial charge is 0.396 e. The maximum absolute atomic E-state index is 11.9. The van der Waals surface area contributed by atoms with Gasteiger partial charge in [-0.15, -0.1) is 0 Å². The normalized spacial score (nSPS) is 22.7. The highest BCUT2D eigenvalue weighted by atomic mass is 127. The fourth-order valence-corrected chi connectivity index (χ4v) is 2.23. The molecule has 1 aliphatic rings. The van der Waals surface area contributed by atoms with Crippen molar-refractivity contribution in [3.8, 4) is 0 Å². The lowest BCUT2D eigenvalue weighted by Crippen LogP contribution is -2.32. The van der Waals surface area contributed by atoms with Gasteiger partial charge in [-0.2, -0.15) is 0 Å². The van der Waals surface area contributed by atoms with E-state index in [1.165, 1.54) is 0 Å². The van der Waals surface area contributed by atoms with E-state index in [-0.39, 0.29) is 24.5 Å². The van der Waals surface area contributed by atoms with Crippen molar-refractivity contribution in [2.45, 2.75) is 12.5 Å². The van der Waals surface area contributed by atoms with E-state index in [1.54, 1.807) is 0 Å². The summed E-state index contributed by atoms with van der Waals surface area (Å²) in [6.45, 7) is 0.145. The number of amides is 1. The lowest BCUT2D eigenvalue weighted by Gasteiger charge is -2.12. The fraction of sp³-hybridized carbons (Fsp3) is 0.308. The number of carbonyl (C=O) groups excluding carboxylic acids is 1. The predicted octanol–water partition coefficient (Wildman–Crippen LogP) is 1.96. The summed E-state index contributed by atoms with van der Waals surface area (Å²) in [5.41, 5.74) is 0.672. The molecular formula is C13H14INO2. The number of benzene rings is 1. The quantitative estimate of drug-likeness (QED) is 0.651. The molecule has 0 unspecified atom stereocenters. The van der Waals surface area contributed by atoms with E-state index in [1.807, 2.05) is 36.4 Å². The van der Waals surface area contributed by atoms with Crippen molar-refractivity contribution in [1.29, 1.82) is 0 Å². The van der Waals surface area contributed by atoms with Crippen molar-refractivity contribution in [3.63, 3.8) is 0 Å². The Labute approximate surface area is 114 Å². The summed E-state index contributed by atoms with van der Waals surface area (Å²) in [5, 5.41) is 11.9. The van der Waals surface area contributed by atoms with Crippen LogP contribution in [0.15, 0.2) is 36.4 Å². The molecule has 90 valence electrons. The van der Waals surface area contributed by atoms with Crippen LogP contribution in [-0.4, -0.2) is 23.7 Å². The number of aliphatic hydroxyl groups excluding tert-OH is 1. The Morgan fingerprint density at radius 1 is 1.35 bits per heavy atom. The molecule has 0 aromatic heterocycles. The van der Waals surface area contributed by atoms with Crippen molar-refractivity contribution < 1.29 is 9.90 Å². The number of nitrogens with one attached hydrogen (secondary N) is 1. The lowest BCUT2D eigenvalue weighted by molar-refractivity contribution is 0.0941. The van der Waals surface area contributed by atoms with Crippen LogP contribution in [0.4, 0.5) is 0 Å². The molecular weight excluding hydrogens is 329 g/mol. The summed E-state index contributed by atoms with van der Waals surface area (Å²) in [5.74, 6) is 0.117. The third-order valence-electron chi connectivity index (χ3n) is 2.83. The molecule has 0 radical (unpaired) electrons. The van der Waals surface area contributed by atoms with Crippen molar-refractivity contribution in [2.75, 3.05) is 6.61 Å². The third-order valence-corrected chi connectivity index (χ3v) is 3.55. The second-order valence-corrected chi connectivity index (χ2v) is 5.40. The van der Waals surface area contributed by atoms with Gasteiger partial charge in [0.1, 0.15) is 0 Å². The van der Waals surface area contributed by atoms with Gasteiger partial charge in [-0.1, -0.05) is 12.2 Å². The minimum absolute atomic E-state index is 0.0407. The Morgan fingerprint density at radius 3 is 2.65 bits per heavy atom. The first-order valence-corrected chi connectivity index (χ1v) is 6.62. The fourth-order valence-electron chi connectivity index (χ4n) is 1.87. The van der Waals surface area contributed by atoms with Gasteiger partial charge in [0.15, 0.2) is 0 Å². The Hall–Kier alpha value is -0.880. The average Bonchev–Trinajstić information content (AvgIpc) is 2.77. The summed E-state index contributed by atoms with van der Waals surface area (Å²) in [7, 11) is 0. The van der Waals surface area contributed by atoms with Gasteiger partial charge in [-0.3, -0.25) is 4.79 Å². The third kappa shape index (κ3) is 3.29. The highest BCUT2D eigenvalue weighted by molar-refractivity contribution is 14.1. The van der Waals surface area contributed by atoms with E-state index in [4.69, 9.17) is 5.11 Å². The molecule has 4 heteroatoms. The van der Waals surface area contributed by atoms with Crippen LogP contribution in [0.1, 0.15) is 16.8 Å². The first-order valence-electron chi connectivity index (χ1n) is 5.54. The second-order valence-electron chi connectivity index (χ2n) is 4.15. The van der Waals surface area contributed by atoms with Crippen molar-refractivity contribution in [3.05, 3.63) is 45.6 Å². The topological polar surface area (TPSA) is 49.3 Å². The predicted molar refractivity (Wildman–Crippen MR) is 74.7 cm³/mol. The molecule has 2 atom stereocenters. The first kappa shape index (κ1) is 12.6. The van der Waals surface area contributed by atoms with E-state index in [0.717, 1.165) is 9.99 Å². The molecule has 2 N–H and O–H groups in total. The minimum atomic E-state index is -0.0605. The molecule has 3 nitrogen and oxygen atoms in total. The van der Waals surface area contributed by atoms with Gasteiger partial charge in [0, 0.05) is 27.7 Å². The van der Waals surface area contributed by atoms with Crippen LogP contribution in [0.5, 0.6) is 0 Å².